The third-order valence-corrected chi connectivity index (χ3v) is 5.78. The van der Waals surface area contributed by atoms with Crippen LogP contribution in [0.3, 0.4) is 0 Å². The Morgan fingerprint density at radius 2 is 1.66 bits per heavy atom. The zero-order chi connectivity index (χ0) is 28.2. The van der Waals surface area contributed by atoms with Crippen molar-refractivity contribution in [2.24, 2.45) is 17.8 Å². The molecular formula is C29H39NO8. The van der Waals surface area contributed by atoms with Crippen LogP contribution in [0.4, 0.5) is 0 Å². The Morgan fingerprint density at radius 1 is 0.974 bits per heavy atom. The molecule has 0 N–H and O–H groups in total. The van der Waals surface area contributed by atoms with E-state index in [0.29, 0.717) is 12.2 Å². The molecule has 0 amide bonds. The van der Waals surface area contributed by atoms with E-state index in [0.717, 1.165) is 0 Å². The zero-order valence-corrected chi connectivity index (χ0v) is 23.3. The smallest absolute Gasteiger partial charge is 0.309 e. The van der Waals surface area contributed by atoms with Gasteiger partial charge in [-0.15, -0.1) is 0 Å². The molecule has 1 aromatic heterocycles. The Labute approximate surface area is 224 Å². The molecule has 2 rings (SSSR count). The number of pyridine rings is 1. The fraction of sp³-hybridized carbons (Fsp3) is 0.517. The van der Waals surface area contributed by atoms with Gasteiger partial charge >= 0.3 is 11.9 Å². The van der Waals surface area contributed by atoms with Crippen LogP contribution in [0, 0.1) is 17.8 Å². The Hall–Kier alpha value is -3.62. The maximum Gasteiger partial charge on any atom is 0.309 e. The minimum Gasteiger partial charge on any atom is -0.493 e. The number of Topliss-reactive ketones (excluding diaryl/α,β-unsaturated/α-hetero) is 1. The van der Waals surface area contributed by atoms with E-state index in [-0.39, 0.29) is 41.6 Å². The molecule has 208 valence electrons. The van der Waals surface area contributed by atoms with Gasteiger partial charge in [-0.2, -0.15) is 0 Å². The maximum absolute atomic E-state index is 13.4. The molecule has 0 aliphatic rings. The van der Waals surface area contributed by atoms with Crippen molar-refractivity contribution in [2.75, 3.05) is 13.9 Å². The van der Waals surface area contributed by atoms with E-state index in [9.17, 15) is 14.4 Å². The lowest BCUT2D eigenvalue weighted by Crippen LogP contribution is -2.39. The minimum atomic E-state index is -0.705. The third-order valence-electron chi connectivity index (χ3n) is 5.78. The van der Waals surface area contributed by atoms with Crippen molar-refractivity contribution in [1.82, 2.24) is 4.98 Å². The van der Waals surface area contributed by atoms with E-state index in [1.54, 1.807) is 6.92 Å². The Kier molecular flexibility index (Phi) is 12.0. The van der Waals surface area contributed by atoms with Crippen LogP contribution in [0.15, 0.2) is 42.6 Å². The van der Waals surface area contributed by atoms with Crippen molar-refractivity contribution in [3.63, 3.8) is 0 Å². The molecule has 0 unspecified atom stereocenters. The summed E-state index contributed by atoms with van der Waals surface area (Å²) in [7, 11) is 1.42. The predicted molar refractivity (Wildman–Crippen MR) is 141 cm³/mol. The second kappa shape index (κ2) is 15.0. The van der Waals surface area contributed by atoms with Gasteiger partial charge in [-0.3, -0.25) is 14.4 Å². The first-order valence-electron chi connectivity index (χ1n) is 12.8. The van der Waals surface area contributed by atoms with Crippen molar-refractivity contribution in [2.45, 2.75) is 66.6 Å². The molecule has 0 aliphatic carbocycles. The van der Waals surface area contributed by atoms with Crippen LogP contribution < -0.4 is 14.2 Å². The number of nitrogens with zero attached hydrogens (tertiary/aromatic N) is 1. The minimum absolute atomic E-state index is 0.0152. The van der Waals surface area contributed by atoms with Gasteiger partial charge < -0.3 is 23.7 Å². The lowest BCUT2D eigenvalue weighted by atomic mass is 9.91. The summed E-state index contributed by atoms with van der Waals surface area (Å²) >= 11 is 0. The SMILES string of the molecule is COc1ccnc(C(=O)C[C@@H](CC(C)C)C(=O)O[C@@H](C)[C@H](Oc2ccccc2)C(C)C)c1OCOC(C)=O. The monoisotopic (exact) mass is 529 g/mol. The number of rotatable bonds is 15. The zero-order valence-electron chi connectivity index (χ0n) is 23.3. The van der Waals surface area contributed by atoms with E-state index in [1.165, 1.54) is 26.3 Å². The molecule has 3 atom stereocenters. The molecule has 0 fully saturated rings. The van der Waals surface area contributed by atoms with Gasteiger partial charge in [0.15, 0.2) is 23.0 Å². The fourth-order valence-corrected chi connectivity index (χ4v) is 4.03. The summed E-state index contributed by atoms with van der Waals surface area (Å²) in [6.45, 7) is 10.6. The van der Waals surface area contributed by atoms with Crippen molar-refractivity contribution < 1.29 is 38.1 Å². The van der Waals surface area contributed by atoms with Gasteiger partial charge in [-0.25, -0.2) is 4.98 Å². The van der Waals surface area contributed by atoms with Gasteiger partial charge in [0.25, 0.3) is 0 Å². The molecule has 1 aromatic carbocycles. The van der Waals surface area contributed by atoms with Gasteiger partial charge in [0.1, 0.15) is 18.0 Å². The first kappa shape index (κ1) is 30.6. The average molecular weight is 530 g/mol. The predicted octanol–water partition coefficient (Wildman–Crippen LogP) is 5.26. The lowest BCUT2D eigenvalue weighted by molar-refractivity contribution is -0.159. The lowest BCUT2D eigenvalue weighted by Gasteiger charge is -2.29. The number of esters is 2. The number of ketones is 1. The molecule has 1 heterocycles. The first-order chi connectivity index (χ1) is 18.0. The molecule has 0 aliphatic heterocycles. The highest BCUT2D eigenvalue weighted by atomic mass is 16.7. The number of carbonyl (C=O) groups is 3. The largest absolute Gasteiger partial charge is 0.493 e. The van der Waals surface area contributed by atoms with E-state index in [4.69, 9.17) is 23.7 Å². The quantitative estimate of drug-likeness (QED) is 0.173. The summed E-state index contributed by atoms with van der Waals surface area (Å²) < 4.78 is 27.6. The number of para-hydroxylation sites is 1. The highest BCUT2D eigenvalue weighted by molar-refractivity contribution is 5.99. The summed E-state index contributed by atoms with van der Waals surface area (Å²) in [5, 5.41) is 0. The second-order valence-electron chi connectivity index (χ2n) is 9.82. The average Bonchev–Trinajstić information content (AvgIpc) is 2.86. The number of methoxy groups -OCH3 is 1. The van der Waals surface area contributed by atoms with Gasteiger partial charge in [0.05, 0.1) is 13.0 Å². The van der Waals surface area contributed by atoms with Crippen LogP contribution in [-0.2, 0) is 19.1 Å². The standard InChI is InChI=1S/C29H39NO8/c1-18(2)15-22(29(33)37-20(5)27(19(3)4)38-23-11-9-8-10-12-23)16-24(32)26-28(36-17-35-21(6)31)25(34-7)13-14-30-26/h8-14,18-20,22,27H,15-17H2,1-7H3/t20-,22+,27+/m0/s1. The topological polar surface area (TPSA) is 110 Å². The summed E-state index contributed by atoms with van der Waals surface area (Å²) in [5.74, 6) is -0.948. The van der Waals surface area contributed by atoms with Gasteiger partial charge in [0.2, 0.25) is 6.79 Å². The van der Waals surface area contributed by atoms with E-state index in [1.807, 2.05) is 58.0 Å². The molecule has 38 heavy (non-hydrogen) atoms. The highest BCUT2D eigenvalue weighted by Crippen LogP contribution is 2.32. The normalized spacial score (nSPS) is 13.4. The van der Waals surface area contributed by atoms with Crippen LogP contribution in [0.5, 0.6) is 17.2 Å². The van der Waals surface area contributed by atoms with E-state index < -0.39 is 36.5 Å². The molecular weight excluding hydrogens is 490 g/mol. The van der Waals surface area contributed by atoms with Gasteiger partial charge in [-0.05, 0) is 37.3 Å². The number of hydrogen-bond acceptors (Lipinski definition) is 9. The van der Waals surface area contributed by atoms with E-state index >= 15 is 0 Å². The number of ether oxygens (including phenoxy) is 5. The van der Waals surface area contributed by atoms with E-state index in [2.05, 4.69) is 4.98 Å². The van der Waals surface area contributed by atoms with Crippen molar-refractivity contribution in [3.05, 3.63) is 48.3 Å². The molecule has 0 saturated carbocycles. The Morgan fingerprint density at radius 3 is 2.24 bits per heavy atom. The second-order valence-corrected chi connectivity index (χ2v) is 9.82. The van der Waals surface area contributed by atoms with Crippen LogP contribution in [0.25, 0.3) is 0 Å². The summed E-state index contributed by atoms with van der Waals surface area (Å²) in [6.07, 6.45) is 0.788. The van der Waals surface area contributed by atoms with Crippen molar-refractivity contribution in [3.8, 4) is 17.2 Å². The number of hydrogen-bond donors (Lipinski definition) is 0. The summed E-state index contributed by atoms with van der Waals surface area (Å²) in [4.78, 5) is 42.0. The number of benzene rings is 1. The molecule has 0 bridgehead atoms. The number of aromatic nitrogens is 1. The third kappa shape index (κ3) is 9.36. The fourth-order valence-electron chi connectivity index (χ4n) is 4.03. The Bertz CT molecular complexity index is 1050. The van der Waals surface area contributed by atoms with Crippen LogP contribution >= 0.6 is 0 Å². The van der Waals surface area contributed by atoms with Crippen LogP contribution in [-0.4, -0.2) is 48.8 Å². The summed E-state index contributed by atoms with van der Waals surface area (Å²) in [6, 6.07) is 10.9. The molecule has 0 spiro atoms. The van der Waals surface area contributed by atoms with Gasteiger partial charge in [0, 0.05) is 25.6 Å². The van der Waals surface area contributed by atoms with Crippen molar-refractivity contribution >= 4 is 17.7 Å². The maximum atomic E-state index is 13.4. The first-order valence-corrected chi connectivity index (χ1v) is 12.8. The molecule has 9 nitrogen and oxygen atoms in total. The van der Waals surface area contributed by atoms with Gasteiger partial charge in [-0.1, -0.05) is 45.9 Å². The molecule has 2 aromatic rings. The highest BCUT2D eigenvalue weighted by Gasteiger charge is 2.32. The summed E-state index contributed by atoms with van der Waals surface area (Å²) in [5.41, 5.74) is -0.0152. The molecule has 0 saturated heterocycles. The molecule has 9 heteroatoms. The number of carbonyl (C=O) groups excluding carboxylic acids is 3. The van der Waals surface area contributed by atoms with Crippen molar-refractivity contribution in [1.29, 1.82) is 0 Å². The molecule has 0 radical (unpaired) electrons. The van der Waals surface area contributed by atoms with Crippen LogP contribution in [0.2, 0.25) is 0 Å². The Balaban J connectivity index is 2.20. The van der Waals surface area contributed by atoms with Crippen LogP contribution in [0.1, 0.15) is 64.9 Å².